The van der Waals surface area contributed by atoms with Crippen LogP contribution in [0.25, 0.3) is 12.2 Å². The first-order chi connectivity index (χ1) is 16.8. The van der Waals surface area contributed by atoms with Crippen LogP contribution in [0.15, 0.2) is 48.6 Å². The number of phenols is 4. The van der Waals surface area contributed by atoms with E-state index >= 15 is 0 Å². The summed E-state index contributed by atoms with van der Waals surface area (Å²) >= 11 is 0. The predicted octanol–water partition coefficient (Wildman–Crippen LogP) is 2.57. The van der Waals surface area contributed by atoms with Crippen LogP contribution in [0.2, 0.25) is 0 Å². The number of hydrogen-bond donors (Lipinski definition) is 6. The first kappa shape index (κ1) is 27.3. The Hall–Kier alpha value is -3.98. The fraction of sp³-hybridized carbons (Fsp3) is 0.308. The summed E-state index contributed by atoms with van der Waals surface area (Å²) in [4.78, 5) is 25.6. The molecule has 0 unspecified atom stereocenters. The van der Waals surface area contributed by atoms with Gasteiger partial charge in [-0.1, -0.05) is 12.1 Å². The normalized spacial score (nSPS) is 11.2. The van der Waals surface area contributed by atoms with E-state index < -0.39 is 0 Å². The minimum atomic E-state index is -0.234. The average molecular weight is 484 g/mol. The molecule has 0 atom stereocenters. The summed E-state index contributed by atoms with van der Waals surface area (Å²) in [6.45, 7) is 2.72. The van der Waals surface area contributed by atoms with E-state index in [0.717, 1.165) is 32.4 Å². The number of phenolic OH excluding ortho intramolecular Hbond substituents is 4. The highest BCUT2D eigenvalue weighted by atomic mass is 16.3. The molecule has 0 saturated heterocycles. The standard InChI is InChI=1S/C26H33N3O6/c1-29(26(35)12-8-20-6-10-22(31)24(33)18-20)16-4-14-27-13-2-3-15-28-25(34)11-7-19-5-9-21(30)23(32)17-19/h5-12,17-18,27,30-33H,2-4,13-16H2,1H3,(H,28,34)/b11-7+,12-8+. The van der Waals surface area contributed by atoms with Gasteiger partial charge in [0.1, 0.15) is 0 Å². The van der Waals surface area contributed by atoms with E-state index in [1.165, 1.54) is 36.4 Å². The van der Waals surface area contributed by atoms with Crippen molar-refractivity contribution in [1.29, 1.82) is 0 Å². The van der Waals surface area contributed by atoms with Crippen molar-refractivity contribution in [1.82, 2.24) is 15.5 Å². The Kier molecular flexibility index (Phi) is 11.2. The van der Waals surface area contributed by atoms with Crippen molar-refractivity contribution < 1.29 is 30.0 Å². The van der Waals surface area contributed by atoms with Crippen molar-refractivity contribution >= 4 is 24.0 Å². The maximum atomic E-state index is 12.2. The molecule has 2 aromatic carbocycles. The number of rotatable bonds is 13. The summed E-state index contributed by atoms with van der Waals surface area (Å²) in [5.41, 5.74) is 1.23. The maximum absolute atomic E-state index is 12.2. The Morgan fingerprint density at radius 3 is 1.91 bits per heavy atom. The summed E-state index contributed by atoms with van der Waals surface area (Å²) in [6, 6.07) is 8.69. The van der Waals surface area contributed by atoms with Crippen LogP contribution in [0, 0.1) is 0 Å². The van der Waals surface area contributed by atoms with Crippen molar-refractivity contribution in [3.63, 3.8) is 0 Å². The number of benzene rings is 2. The van der Waals surface area contributed by atoms with Crippen LogP contribution >= 0.6 is 0 Å². The van der Waals surface area contributed by atoms with Gasteiger partial charge in [0.15, 0.2) is 23.0 Å². The van der Waals surface area contributed by atoms with E-state index in [0.29, 0.717) is 24.2 Å². The number of carbonyl (C=O) groups excluding carboxylic acids is 2. The predicted molar refractivity (Wildman–Crippen MR) is 135 cm³/mol. The van der Waals surface area contributed by atoms with Gasteiger partial charge in [0, 0.05) is 32.3 Å². The van der Waals surface area contributed by atoms with Crippen LogP contribution < -0.4 is 10.6 Å². The molecule has 2 aromatic rings. The second-order valence-corrected chi connectivity index (χ2v) is 8.02. The lowest BCUT2D eigenvalue weighted by atomic mass is 10.2. The molecule has 2 amide bonds. The van der Waals surface area contributed by atoms with Gasteiger partial charge in [-0.15, -0.1) is 0 Å². The van der Waals surface area contributed by atoms with Gasteiger partial charge in [0.25, 0.3) is 0 Å². The minimum absolute atomic E-state index is 0.149. The molecule has 6 N–H and O–H groups in total. The quantitative estimate of drug-likeness (QED) is 0.146. The van der Waals surface area contributed by atoms with E-state index in [1.54, 1.807) is 36.2 Å². The van der Waals surface area contributed by atoms with Crippen molar-refractivity contribution in [3.8, 4) is 23.0 Å². The van der Waals surface area contributed by atoms with Gasteiger partial charge in [-0.05, 0) is 79.9 Å². The number of unbranched alkanes of at least 4 members (excludes halogenated alkanes) is 1. The molecule has 9 heteroatoms. The van der Waals surface area contributed by atoms with Gasteiger partial charge in [-0.25, -0.2) is 0 Å². The van der Waals surface area contributed by atoms with Gasteiger partial charge >= 0.3 is 0 Å². The summed E-state index contributed by atoms with van der Waals surface area (Å²) in [5, 5.41) is 43.6. The third-order valence-corrected chi connectivity index (χ3v) is 5.15. The van der Waals surface area contributed by atoms with E-state index in [2.05, 4.69) is 10.6 Å². The highest BCUT2D eigenvalue weighted by Crippen LogP contribution is 2.26. The van der Waals surface area contributed by atoms with E-state index in [1.807, 2.05) is 0 Å². The molecular formula is C26H33N3O6. The van der Waals surface area contributed by atoms with E-state index in [9.17, 15) is 30.0 Å². The smallest absolute Gasteiger partial charge is 0.246 e. The largest absolute Gasteiger partial charge is 0.504 e. The number of aromatic hydroxyl groups is 4. The average Bonchev–Trinajstić information content (AvgIpc) is 2.84. The summed E-state index contributed by atoms with van der Waals surface area (Å²) in [5.74, 6) is -1.25. The molecule has 0 bridgehead atoms. The number of hydrogen-bond acceptors (Lipinski definition) is 7. The third-order valence-electron chi connectivity index (χ3n) is 5.15. The van der Waals surface area contributed by atoms with E-state index in [4.69, 9.17) is 0 Å². The van der Waals surface area contributed by atoms with Crippen LogP contribution in [0.4, 0.5) is 0 Å². The van der Waals surface area contributed by atoms with Crippen molar-refractivity contribution in [2.45, 2.75) is 19.3 Å². The Bertz CT molecular complexity index is 1050. The highest BCUT2D eigenvalue weighted by Gasteiger charge is 2.05. The maximum Gasteiger partial charge on any atom is 0.246 e. The van der Waals surface area contributed by atoms with Crippen LogP contribution in [-0.4, -0.2) is 70.4 Å². The SMILES string of the molecule is CN(CCCNCCCCNC(=O)/C=C/c1ccc(O)c(O)c1)C(=O)/C=C/c1ccc(O)c(O)c1. The van der Waals surface area contributed by atoms with Gasteiger partial charge in [-0.3, -0.25) is 9.59 Å². The fourth-order valence-corrected chi connectivity index (χ4v) is 3.08. The Balaban J connectivity index is 1.51. The first-order valence-corrected chi connectivity index (χ1v) is 11.4. The number of nitrogens with zero attached hydrogens (tertiary/aromatic N) is 1. The number of likely N-dealkylation sites (N-methyl/N-ethyl adjacent to an activating group) is 1. The zero-order valence-corrected chi connectivity index (χ0v) is 19.8. The Labute approximate surface area is 205 Å². The molecule has 9 nitrogen and oxygen atoms in total. The molecular weight excluding hydrogens is 450 g/mol. The van der Waals surface area contributed by atoms with Gasteiger partial charge in [0.2, 0.25) is 11.8 Å². The fourth-order valence-electron chi connectivity index (χ4n) is 3.08. The number of amides is 2. The summed E-state index contributed by atoms with van der Waals surface area (Å²) in [7, 11) is 1.72. The van der Waals surface area contributed by atoms with Crippen LogP contribution in [-0.2, 0) is 9.59 Å². The van der Waals surface area contributed by atoms with Gasteiger partial charge in [-0.2, -0.15) is 0 Å². The summed E-state index contributed by atoms with van der Waals surface area (Å²) < 4.78 is 0. The Morgan fingerprint density at radius 2 is 1.31 bits per heavy atom. The lowest BCUT2D eigenvalue weighted by molar-refractivity contribution is -0.124. The zero-order chi connectivity index (χ0) is 25.6. The van der Waals surface area contributed by atoms with Crippen molar-refractivity contribution in [3.05, 3.63) is 59.7 Å². The van der Waals surface area contributed by atoms with Crippen molar-refractivity contribution in [2.24, 2.45) is 0 Å². The molecule has 0 saturated carbocycles. The topological polar surface area (TPSA) is 142 Å². The molecule has 0 radical (unpaired) electrons. The molecule has 0 aliphatic carbocycles. The molecule has 0 spiro atoms. The minimum Gasteiger partial charge on any atom is -0.504 e. The van der Waals surface area contributed by atoms with Crippen LogP contribution in [0.5, 0.6) is 23.0 Å². The lowest BCUT2D eigenvalue weighted by Crippen LogP contribution is -2.29. The van der Waals surface area contributed by atoms with Crippen LogP contribution in [0.3, 0.4) is 0 Å². The van der Waals surface area contributed by atoms with Gasteiger partial charge in [0.05, 0.1) is 0 Å². The monoisotopic (exact) mass is 483 g/mol. The molecule has 0 aliphatic rings. The molecule has 0 heterocycles. The first-order valence-electron chi connectivity index (χ1n) is 11.4. The number of nitrogens with one attached hydrogen (secondary N) is 2. The molecule has 0 aromatic heterocycles. The van der Waals surface area contributed by atoms with Crippen molar-refractivity contribution in [2.75, 3.05) is 33.2 Å². The zero-order valence-electron chi connectivity index (χ0n) is 19.8. The van der Waals surface area contributed by atoms with Gasteiger partial charge < -0.3 is 36.0 Å². The van der Waals surface area contributed by atoms with E-state index in [-0.39, 0.29) is 34.8 Å². The Morgan fingerprint density at radius 1 is 0.771 bits per heavy atom. The number of carbonyl (C=O) groups is 2. The second-order valence-electron chi connectivity index (χ2n) is 8.02. The molecule has 188 valence electrons. The van der Waals surface area contributed by atoms with Crippen LogP contribution in [0.1, 0.15) is 30.4 Å². The molecule has 2 rings (SSSR count). The summed E-state index contributed by atoms with van der Waals surface area (Å²) in [6.07, 6.45) is 8.47. The molecule has 35 heavy (non-hydrogen) atoms. The second kappa shape index (κ2) is 14.3. The highest BCUT2D eigenvalue weighted by molar-refractivity contribution is 5.92. The molecule has 0 fully saturated rings. The lowest BCUT2D eigenvalue weighted by Gasteiger charge is -2.15. The molecule has 0 aliphatic heterocycles. The third kappa shape index (κ3) is 10.2.